The lowest BCUT2D eigenvalue weighted by Crippen LogP contribution is -2.30. The van der Waals surface area contributed by atoms with Gasteiger partial charge in [0.05, 0.1) is 5.52 Å². The molecule has 5 nitrogen and oxygen atoms in total. The van der Waals surface area contributed by atoms with Crippen molar-refractivity contribution in [1.29, 1.82) is 0 Å². The van der Waals surface area contributed by atoms with E-state index in [-0.39, 0.29) is 0 Å². The lowest BCUT2D eigenvalue weighted by Gasteiger charge is -2.11. The molecule has 3 heterocycles. The molecule has 0 saturated carbocycles. The Morgan fingerprint density at radius 1 is 0.393 bits per heavy atom. The Bertz CT molecular complexity index is 3150. The van der Waals surface area contributed by atoms with Gasteiger partial charge in [-0.3, -0.25) is 0 Å². The normalized spacial score (nSPS) is 12.4. The molecule has 0 radical (unpaired) electrons. The Hall–Kier alpha value is -7.37. The summed E-state index contributed by atoms with van der Waals surface area (Å²) in [6.07, 6.45) is 6.85. The van der Waals surface area contributed by atoms with Gasteiger partial charge in [-0.15, -0.1) is 0 Å². The molecular formula is C51H34N4O. The SMILES string of the molecule is C1=c2c(n(-c3ccc4oc5cc(-c6nc(-c7cccc(-c8ccccc8)c7)nc(-c7cccc(-c8ccccc8)c7)n6)ccc5c4c3)c3ccccc23)=CCC1. The first-order valence-electron chi connectivity index (χ1n) is 19.1. The van der Waals surface area contributed by atoms with Crippen molar-refractivity contribution in [2.45, 2.75) is 12.8 Å². The molecule has 0 amide bonds. The maximum Gasteiger partial charge on any atom is 0.164 e. The van der Waals surface area contributed by atoms with Gasteiger partial charge in [0.2, 0.25) is 0 Å². The molecule has 0 bridgehead atoms. The predicted molar refractivity (Wildman–Crippen MR) is 229 cm³/mol. The average molecular weight is 719 g/mol. The molecule has 10 aromatic rings. The lowest BCUT2D eigenvalue weighted by molar-refractivity contribution is 0.669. The summed E-state index contributed by atoms with van der Waals surface area (Å²) in [7, 11) is 0. The maximum absolute atomic E-state index is 6.55. The molecule has 0 saturated heterocycles. The molecule has 0 unspecified atom stereocenters. The highest BCUT2D eigenvalue weighted by Crippen LogP contribution is 2.35. The van der Waals surface area contributed by atoms with Gasteiger partial charge in [-0.1, -0.05) is 133 Å². The molecule has 3 aromatic heterocycles. The van der Waals surface area contributed by atoms with Crippen LogP contribution in [0.25, 0.3) is 107 Å². The number of fused-ring (bicyclic) bond motifs is 6. The highest BCUT2D eigenvalue weighted by Gasteiger charge is 2.17. The zero-order chi connectivity index (χ0) is 37.0. The van der Waals surface area contributed by atoms with E-state index in [0.29, 0.717) is 17.5 Å². The Morgan fingerprint density at radius 3 is 1.64 bits per heavy atom. The summed E-state index contributed by atoms with van der Waals surface area (Å²) in [4.78, 5) is 15.3. The van der Waals surface area contributed by atoms with Crippen LogP contribution in [0.2, 0.25) is 0 Å². The molecular weight excluding hydrogens is 685 g/mol. The Labute approximate surface area is 323 Å². The fourth-order valence-corrected chi connectivity index (χ4v) is 8.17. The second-order valence-electron chi connectivity index (χ2n) is 14.3. The van der Waals surface area contributed by atoms with Gasteiger partial charge in [-0.05, 0) is 83.6 Å². The van der Waals surface area contributed by atoms with E-state index in [1.54, 1.807) is 0 Å². The van der Waals surface area contributed by atoms with Crippen molar-refractivity contribution in [2.24, 2.45) is 0 Å². The summed E-state index contributed by atoms with van der Waals surface area (Å²) in [5.74, 6) is 1.80. The summed E-state index contributed by atoms with van der Waals surface area (Å²) in [6, 6.07) is 59.1. The number of benzene rings is 7. The highest BCUT2D eigenvalue weighted by molar-refractivity contribution is 6.06. The van der Waals surface area contributed by atoms with E-state index >= 15 is 0 Å². The van der Waals surface area contributed by atoms with Crippen LogP contribution in [0.3, 0.4) is 0 Å². The zero-order valence-corrected chi connectivity index (χ0v) is 30.4. The van der Waals surface area contributed by atoms with Crippen molar-refractivity contribution in [3.05, 3.63) is 180 Å². The molecule has 56 heavy (non-hydrogen) atoms. The minimum atomic E-state index is 0.584. The number of furan rings is 1. The smallest absolute Gasteiger partial charge is 0.164 e. The number of aromatic nitrogens is 4. The third-order valence-corrected chi connectivity index (χ3v) is 10.9. The predicted octanol–water partition coefficient (Wildman–Crippen LogP) is 11.4. The van der Waals surface area contributed by atoms with Crippen LogP contribution in [0.5, 0.6) is 0 Å². The molecule has 11 rings (SSSR count). The van der Waals surface area contributed by atoms with Gasteiger partial charge in [0.1, 0.15) is 11.2 Å². The van der Waals surface area contributed by atoms with E-state index in [0.717, 1.165) is 79.4 Å². The van der Waals surface area contributed by atoms with Crippen LogP contribution in [0.4, 0.5) is 0 Å². The van der Waals surface area contributed by atoms with Crippen molar-refractivity contribution in [1.82, 2.24) is 19.5 Å². The molecule has 0 atom stereocenters. The summed E-state index contributed by atoms with van der Waals surface area (Å²) in [6.45, 7) is 0. The van der Waals surface area contributed by atoms with Crippen LogP contribution in [-0.4, -0.2) is 19.5 Å². The van der Waals surface area contributed by atoms with Gasteiger partial charge in [0, 0.05) is 49.1 Å². The van der Waals surface area contributed by atoms with Crippen molar-refractivity contribution in [3.63, 3.8) is 0 Å². The fraction of sp³-hybridized carbons (Fsp3) is 0.0392. The van der Waals surface area contributed by atoms with Gasteiger partial charge in [0.15, 0.2) is 17.5 Å². The topological polar surface area (TPSA) is 56.7 Å². The standard InChI is InChI=1S/C51H34N4O/c1-3-13-33(14-4-1)35-17-11-19-37(29-35)49-52-50(38-20-12-18-36(30-38)34-15-5-2-6-16-34)54-51(53-49)39-25-27-43-44-32-40(26-28-47(44)56-48(43)31-39)55-45-23-9-7-21-41(45)42-22-8-10-24-46(42)55/h1-7,9,11-32H,8,10H2. The van der Waals surface area contributed by atoms with Crippen LogP contribution in [0.15, 0.2) is 174 Å². The number of hydrogen-bond acceptors (Lipinski definition) is 4. The highest BCUT2D eigenvalue weighted by atomic mass is 16.3. The van der Waals surface area contributed by atoms with Gasteiger partial charge in [0.25, 0.3) is 0 Å². The monoisotopic (exact) mass is 718 g/mol. The third-order valence-electron chi connectivity index (χ3n) is 10.9. The molecule has 1 aliphatic carbocycles. The summed E-state index contributed by atoms with van der Waals surface area (Å²) >= 11 is 0. The number of nitrogens with zero attached hydrogens (tertiary/aromatic N) is 4. The Balaban J connectivity index is 1.05. The van der Waals surface area contributed by atoms with Crippen LogP contribution in [0.1, 0.15) is 12.8 Å². The van der Waals surface area contributed by atoms with Gasteiger partial charge < -0.3 is 8.98 Å². The van der Waals surface area contributed by atoms with Gasteiger partial charge in [-0.2, -0.15) is 0 Å². The summed E-state index contributed by atoms with van der Waals surface area (Å²) < 4.78 is 8.94. The van der Waals surface area contributed by atoms with E-state index < -0.39 is 0 Å². The van der Waals surface area contributed by atoms with Gasteiger partial charge >= 0.3 is 0 Å². The van der Waals surface area contributed by atoms with Crippen LogP contribution in [-0.2, 0) is 0 Å². The average Bonchev–Trinajstić information content (AvgIpc) is 3.82. The minimum absolute atomic E-state index is 0.584. The summed E-state index contributed by atoms with van der Waals surface area (Å²) in [5, 5.41) is 5.99. The lowest BCUT2D eigenvalue weighted by atomic mass is 10.0. The Morgan fingerprint density at radius 2 is 0.964 bits per heavy atom. The van der Waals surface area contributed by atoms with Crippen LogP contribution in [0, 0.1) is 0 Å². The molecule has 0 fully saturated rings. The van der Waals surface area contributed by atoms with E-state index in [9.17, 15) is 0 Å². The molecule has 264 valence electrons. The number of hydrogen-bond donors (Lipinski definition) is 0. The number of rotatable bonds is 6. The first-order valence-corrected chi connectivity index (χ1v) is 19.1. The summed E-state index contributed by atoms with van der Waals surface area (Å²) in [5.41, 5.74) is 11.1. The minimum Gasteiger partial charge on any atom is -0.456 e. The second kappa shape index (κ2) is 13.2. The molecule has 0 spiro atoms. The Kier molecular flexibility index (Phi) is 7.56. The largest absolute Gasteiger partial charge is 0.456 e. The quantitative estimate of drug-likeness (QED) is 0.172. The second-order valence-corrected chi connectivity index (χ2v) is 14.3. The van der Waals surface area contributed by atoms with Crippen LogP contribution >= 0.6 is 0 Å². The van der Waals surface area contributed by atoms with Crippen molar-refractivity contribution < 1.29 is 4.42 Å². The van der Waals surface area contributed by atoms with E-state index in [1.807, 2.05) is 12.1 Å². The molecule has 1 aliphatic rings. The first kappa shape index (κ1) is 32.1. The number of para-hydroxylation sites is 1. The van der Waals surface area contributed by atoms with Crippen molar-refractivity contribution >= 4 is 45.0 Å². The van der Waals surface area contributed by atoms with E-state index in [2.05, 4.69) is 174 Å². The van der Waals surface area contributed by atoms with E-state index in [4.69, 9.17) is 19.4 Å². The fourth-order valence-electron chi connectivity index (χ4n) is 8.17. The van der Waals surface area contributed by atoms with Crippen molar-refractivity contribution in [2.75, 3.05) is 0 Å². The molecule has 0 aliphatic heterocycles. The third kappa shape index (κ3) is 5.52. The molecule has 0 N–H and O–H groups in total. The van der Waals surface area contributed by atoms with Crippen LogP contribution < -0.4 is 10.6 Å². The first-order chi connectivity index (χ1) is 27.7. The van der Waals surface area contributed by atoms with E-state index in [1.165, 1.54) is 21.5 Å². The molecule has 7 aromatic carbocycles. The zero-order valence-electron chi connectivity index (χ0n) is 30.4. The maximum atomic E-state index is 6.55. The van der Waals surface area contributed by atoms with Gasteiger partial charge in [-0.25, -0.2) is 15.0 Å². The van der Waals surface area contributed by atoms with Crippen molar-refractivity contribution in [3.8, 4) is 62.1 Å². The molecule has 5 heteroatoms.